The van der Waals surface area contributed by atoms with E-state index in [0.717, 1.165) is 44.8 Å². The van der Waals surface area contributed by atoms with Crippen LogP contribution in [0.1, 0.15) is 49.8 Å². The van der Waals surface area contributed by atoms with E-state index in [9.17, 15) is 4.79 Å². The molecule has 0 bridgehead atoms. The van der Waals surface area contributed by atoms with Crippen molar-refractivity contribution in [2.75, 3.05) is 19.6 Å². The van der Waals surface area contributed by atoms with Gasteiger partial charge in [-0.05, 0) is 42.7 Å². The van der Waals surface area contributed by atoms with Crippen molar-refractivity contribution in [3.8, 4) is 0 Å². The van der Waals surface area contributed by atoms with Crippen LogP contribution in [0, 0.1) is 5.92 Å². The summed E-state index contributed by atoms with van der Waals surface area (Å²) in [6.07, 6.45) is 5.86. The lowest BCUT2D eigenvalue weighted by Gasteiger charge is -2.31. The van der Waals surface area contributed by atoms with Gasteiger partial charge >= 0.3 is 0 Å². The normalized spacial score (nSPS) is 26.0. The van der Waals surface area contributed by atoms with Crippen LogP contribution in [0.2, 0.25) is 0 Å². The standard InChI is InChI=1S/C18H26N2O/c1-2-14-6-5-12-20(13-10-14)18(21)17-16-8-4-3-7-15(16)9-11-19-17/h3-4,7-8,14,17,19H,2,5-6,9-13H2,1H3. The van der Waals surface area contributed by atoms with Crippen LogP contribution in [0.5, 0.6) is 0 Å². The minimum Gasteiger partial charge on any atom is -0.341 e. The molecule has 2 aliphatic rings. The summed E-state index contributed by atoms with van der Waals surface area (Å²) in [7, 11) is 0. The zero-order chi connectivity index (χ0) is 14.7. The Morgan fingerprint density at radius 1 is 1.29 bits per heavy atom. The van der Waals surface area contributed by atoms with Crippen molar-refractivity contribution in [3.05, 3.63) is 35.4 Å². The predicted octanol–water partition coefficient (Wildman–Crippen LogP) is 2.91. The molecule has 114 valence electrons. The molecule has 0 aliphatic carbocycles. The van der Waals surface area contributed by atoms with Gasteiger partial charge in [-0.2, -0.15) is 0 Å². The molecule has 2 heterocycles. The van der Waals surface area contributed by atoms with Gasteiger partial charge in [0.1, 0.15) is 6.04 Å². The van der Waals surface area contributed by atoms with Crippen LogP contribution in [0.3, 0.4) is 0 Å². The maximum atomic E-state index is 12.9. The van der Waals surface area contributed by atoms with Gasteiger partial charge in [-0.1, -0.05) is 37.6 Å². The lowest BCUT2D eigenvalue weighted by molar-refractivity contribution is -0.133. The molecule has 3 rings (SSSR count). The second-order valence-electron chi connectivity index (χ2n) is 6.37. The molecule has 1 aromatic carbocycles. The molecular formula is C18H26N2O. The van der Waals surface area contributed by atoms with Crippen LogP contribution in [0.25, 0.3) is 0 Å². The molecule has 21 heavy (non-hydrogen) atoms. The van der Waals surface area contributed by atoms with E-state index in [4.69, 9.17) is 0 Å². The average Bonchev–Trinajstić information content (AvgIpc) is 2.79. The van der Waals surface area contributed by atoms with Crippen LogP contribution in [0.4, 0.5) is 0 Å². The van der Waals surface area contributed by atoms with E-state index in [2.05, 4.69) is 35.3 Å². The first-order valence-electron chi connectivity index (χ1n) is 8.39. The second-order valence-corrected chi connectivity index (χ2v) is 6.37. The third-order valence-corrected chi connectivity index (χ3v) is 5.09. The van der Waals surface area contributed by atoms with Crippen molar-refractivity contribution in [2.24, 2.45) is 5.92 Å². The summed E-state index contributed by atoms with van der Waals surface area (Å²) in [6.45, 7) is 5.02. The van der Waals surface area contributed by atoms with Gasteiger partial charge in [0.05, 0.1) is 0 Å². The molecule has 1 saturated heterocycles. The molecule has 0 saturated carbocycles. The smallest absolute Gasteiger partial charge is 0.244 e. The molecule has 0 spiro atoms. The molecule has 2 aliphatic heterocycles. The van der Waals surface area contributed by atoms with E-state index < -0.39 is 0 Å². The Morgan fingerprint density at radius 3 is 3.00 bits per heavy atom. The minimum atomic E-state index is -0.131. The summed E-state index contributed by atoms with van der Waals surface area (Å²) in [6, 6.07) is 8.25. The van der Waals surface area contributed by atoms with Gasteiger partial charge < -0.3 is 10.2 Å². The molecule has 1 aromatic rings. The van der Waals surface area contributed by atoms with E-state index in [1.807, 2.05) is 6.07 Å². The lowest BCUT2D eigenvalue weighted by atomic mass is 9.93. The highest BCUT2D eigenvalue weighted by atomic mass is 16.2. The van der Waals surface area contributed by atoms with Crippen molar-refractivity contribution in [2.45, 2.75) is 45.1 Å². The number of carbonyl (C=O) groups is 1. The van der Waals surface area contributed by atoms with E-state index in [1.165, 1.54) is 24.0 Å². The van der Waals surface area contributed by atoms with E-state index in [-0.39, 0.29) is 11.9 Å². The fraction of sp³-hybridized carbons (Fsp3) is 0.611. The summed E-state index contributed by atoms with van der Waals surface area (Å²) < 4.78 is 0. The largest absolute Gasteiger partial charge is 0.341 e. The first-order valence-corrected chi connectivity index (χ1v) is 8.39. The highest BCUT2D eigenvalue weighted by Crippen LogP contribution is 2.27. The maximum Gasteiger partial charge on any atom is 0.244 e. The molecule has 2 unspecified atom stereocenters. The minimum absolute atomic E-state index is 0.131. The second kappa shape index (κ2) is 6.61. The average molecular weight is 286 g/mol. The monoisotopic (exact) mass is 286 g/mol. The molecule has 1 N–H and O–H groups in total. The van der Waals surface area contributed by atoms with Crippen molar-refractivity contribution in [3.63, 3.8) is 0 Å². The Balaban J connectivity index is 1.74. The topological polar surface area (TPSA) is 32.3 Å². The molecular weight excluding hydrogens is 260 g/mol. The number of hydrogen-bond acceptors (Lipinski definition) is 2. The van der Waals surface area contributed by atoms with Gasteiger partial charge in [-0.15, -0.1) is 0 Å². The first kappa shape index (κ1) is 14.6. The van der Waals surface area contributed by atoms with Crippen LogP contribution in [-0.4, -0.2) is 30.4 Å². The fourth-order valence-electron chi connectivity index (χ4n) is 3.70. The highest BCUT2D eigenvalue weighted by Gasteiger charge is 2.30. The Kier molecular flexibility index (Phi) is 4.59. The fourth-order valence-corrected chi connectivity index (χ4v) is 3.70. The number of amides is 1. The predicted molar refractivity (Wildman–Crippen MR) is 85.1 cm³/mol. The Labute approximate surface area is 127 Å². The van der Waals surface area contributed by atoms with Crippen molar-refractivity contribution in [1.82, 2.24) is 10.2 Å². The highest BCUT2D eigenvalue weighted by molar-refractivity contribution is 5.84. The van der Waals surface area contributed by atoms with Crippen molar-refractivity contribution >= 4 is 5.91 Å². The van der Waals surface area contributed by atoms with Crippen molar-refractivity contribution in [1.29, 1.82) is 0 Å². The zero-order valence-electron chi connectivity index (χ0n) is 13.0. The number of nitrogens with one attached hydrogen (secondary N) is 1. The number of hydrogen-bond donors (Lipinski definition) is 1. The first-order chi connectivity index (χ1) is 10.3. The third-order valence-electron chi connectivity index (χ3n) is 5.09. The number of rotatable bonds is 2. The molecule has 0 radical (unpaired) electrons. The van der Waals surface area contributed by atoms with Gasteiger partial charge in [0, 0.05) is 19.6 Å². The van der Waals surface area contributed by atoms with Gasteiger partial charge in [-0.3, -0.25) is 4.79 Å². The number of nitrogens with zero attached hydrogens (tertiary/aromatic N) is 1. The van der Waals surface area contributed by atoms with Crippen LogP contribution in [0.15, 0.2) is 24.3 Å². The summed E-state index contributed by atoms with van der Waals surface area (Å²) in [5.74, 6) is 1.08. The molecule has 0 aromatic heterocycles. The van der Waals surface area contributed by atoms with E-state index in [0.29, 0.717) is 0 Å². The number of fused-ring (bicyclic) bond motifs is 1. The number of likely N-dealkylation sites (tertiary alicyclic amines) is 1. The zero-order valence-corrected chi connectivity index (χ0v) is 13.0. The number of carbonyl (C=O) groups excluding carboxylic acids is 1. The SMILES string of the molecule is CCC1CCCN(C(=O)C2NCCc3ccccc32)CC1. The van der Waals surface area contributed by atoms with Gasteiger partial charge in [-0.25, -0.2) is 0 Å². The van der Waals surface area contributed by atoms with Gasteiger partial charge in [0.25, 0.3) is 0 Å². The molecule has 1 fully saturated rings. The third kappa shape index (κ3) is 3.13. The molecule has 2 atom stereocenters. The summed E-state index contributed by atoms with van der Waals surface area (Å²) in [5.41, 5.74) is 2.51. The van der Waals surface area contributed by atoms with E-state index >= 15 is 0 Å². The Bertz CT molecular complexity index is 500. The lowest BCUT2D eigenvalue weighted by Crippen LogP contribution is -2.44. The molecule has 3 nitrogen and oxygen atoms in total. The van der Waals surface area contributed by atoms with Crippen LogP contribution in [-0.2, 0) is 11.2 Å². The Morgan fingerprint density at radius 2 is 2.14 bits per heavy atom. The number of benzene rings is 1. The van der Waals surface area contributed by atoms with Gasteiger partial charge in [0.2, 0.25) is 5.91 Å². The summed E-state index contributed by atoms with van der Waals surface area (Å²) in [5, 5.41) is 3.43. The summed E-state index contributed by atoms with van der Waals surface area (Å²) >= 11 is 0. The van der Waals surface area contributed by atoms with Gasteiger partial charge in [0.15, 0.2) is 0 Å². The van der Waals surface area contributed by atoms with Crippen LogP contribution >= 0.6 is 0 Å². The molecule has 3 heteroatoms. The quantitative estimate of drug-likeness (QED) is 0.906. The molecule has 1 amide bonds. The Hall–Kier alpha value is -1.35. The maximum absolute atomic E-state index is 12.9. The summed E-state index contributed by atoms with van der Waals surface area (Å²) in [4.78, 5) is 15.0. The van der Waals surface area contributed by atoms with Crippen LogP contribution < -0.4 is 5.32 Å². The van der Waals surface area contributed by atoms with Crippen molar-refractivity contribution < 1.29 is 4.79 Å². The van der Waals surface area contributed by atoms with E-state index in [1.54, 1.807) is 0 Å².